The van der Waals surface area contributed by atoms with Gasteiger partial charge in [0.05, 0.1) is 24.8 Å². The quantitative estimate of drug-likeness (QED) is 0.546. The second-order valence-electron chi connectivity index (χ2n) is 8.50. The van der Waals surface area contributed by atoms with Crippen LogP contribution in [-0.2, 0) is 6.42 Å². The van der Waals surface area contributed by atoms with Crippen molar-refractivity contribution in [2.45, 2.75) is 37.5 Å². The average Bonchev–Trinajstić information content (AvgIpc) is 3.19. The molecule has 0 radical (unpaired) electrons. The number of benzene rings is 1. The number of hydrogen-bond donors (Lipinski definition) is 3. The molecule has 7 heteroatoms. The maximum atomic E-state index is 10.9. The van der Waals surface area contributed by atoms with Gasteiger partial charge in [-0.05, 0) is 61.7 Å². The summed E-state index contributed by atoms with van der Waals surface area (Å²) in [6.45, 7) is 3.62. The second kappa shape index (κ2) is 6.82. The normalized spacial score (nSPS) is 29.7. The molecule has 3 aromatic rings. The van der Waals surface area contributed by atoms with E-state index in [9.17, 15) is 10.2 Å². The molecule has 5 atom stereocenters. The van der Waals surface area contributed by atoms with Gasteiger partial charge in [-0.15, -0.1) is 0 Å². The van der Waals surface area contributed by atoms with Crippen molar-refractivity contribution < 1.29 is 14.9 Å². The van der Waals surface area contributed by atoms with Crippen LogP contribution in [0.3, 0.4) is 0 Å². The Labute approximate surface area is 174 Å². The number of ether oxygens (including phenoxy) is 1. The van der Waals surface area contributed by atoms with E-state index < -0.39 is 12.2 Å². The summed E-state index contributed by atoms with van der Waals surface area (Å²) in [4.78, 5) is 8.50. The molecule has 4 N–H and O–H groups in total. The highest BCUT2D eigenvalue weighted by Crippen LogP contribution is 2.69. The third-order valence-corrected chi connectivity index (χ3v) is 7.07. The zero-order chi connectivity index (χ0) is 21.0. The van der Waals surface area contributed by atoms with Gasteiger partial charge in [0.2, 0.25) is 0 Å². The molecule has 2 aromatic heterocycles. The number of anilines is 1. The van der Waals surface area contributed by atoms with Crippen molar-refractivity contribution in [1.82, 2.24) is 9.55 Å². The van der Waals surface area contributed by atoms with Gasteiger partial charge in [0.1, 0.15) is 11.9 Å². The van der Waals surface area contributed by atoms with Crippen LogP contribution < -0.4 is 10.5 Å². The van der Waals surface area contributed by atoms with Gasteiger partial charge in [-0.25, -0.2) is 9.98 Å². The molecule has 2 aliphatic carbocycles. The number of aliphatic hydroxyl groups is 2. The minimum atomic E-state index is -0.804. The molecule has 0 unspecified atom stereocenters. The van der Waals surface area contributed by atoms with Gasteiger partial charge in [0, 0.05) is 17.0 Å². The van der Waals surface area contributed by atoms with E-state index in [1.165, 1.54) is 0 Å². The van der Waals surface area contributed by atoms with Crippen molar-refractivity contribution in [3.8, 4) is 5.75 Å². The molecule has 5 rings (SSSR count). The summed E-state index contributed by atoms with van der Waals surface area (Å²) in [5.74, 6) is 1.90. The van der Waals surface area contributed by atoms with Crippen molar-refractivity contribution in [1.29, 1.82) is 0 Å². The summed E-state index contributed by atoms with van der Waals surface area (Å²) in [6.07, 6.45) is 2.87. The molecule has 30 heavy (non-hydrogen) atoms. The zero-order valence-electron chi connectivity index (χ0n) is 16.9. The van der Waals surface area contributed by atoms with Crippen LogP contribution in [0.15, 0.2) is 47.6 Å². The van der Waals surface area contributed by atoms with Gasteiger partial charge in [-0.3, -0.25) is 0 Å². The summed E-state index contributed by atoms with van der Waals surface area (Å²) in [5, 5.41) is 22.6. The first-order valence-corrected chi connectivity index (χ1v) is 10.2. The Kier molecular flexibility index (Phi) is 4.34. The van der Waals surface area contributed by atoms with Crippen LogP contribution in [0.5, 0.6) is 5.75 Å². The minimum absolute atomic E-state index is 0.166. The minimum Gasteiger partial charge on any atom is -0.493 e. The first-order chi connectivity index (χ1) is 14.5. The van der Waals surface area contributed by atoms with Crippen LogP contribution >= 0.6 is 0 Å². The summed E-state index contributed by atoms with van der Waals surface area (Å²) >= 11 is 0. The summed E-state index contributed by atoms with van der Waals surface area (Å²) in [6, 6.07) is 11.6. The molecule has 156 valence electrons. The van der Waals surface area contributed by atoms with E-state index in [0.29, 0.717) is 11.6 Å². The predicted molar refractivity (Wildman–Crippen MR) is 116 cm³/mol. The van der Waals surface area contributed by atoms with Crippen LogP contribution in [0.25, 0.3) is 10.9 Å². The molecule has 0 spiro atoms. The highest BCUT2D eigenvalue weighted by molar-refractivity contribution is 5.83. The van der Waals surface area contributed by atoms with Crippen molar-refractivity contribution >= 4 is 29.3 Å². The van der Waals surface area contributed by atoms with Crippen LogP contribution in [0.2, 0.25) is 0 Å². The molecule has 2 aliphatic rings. The number of methoxy groups -OCH3 is 1. The lowest BCUT2D eigenvalue weighted by Crippen LogP contribution is -2.34. The fourth-order valence-electron chi connectivity index (χ4n) is 5.38. The summed E-state index contributed by atoms with van der Waals surface area (Å²) < 4.78 is 7.20. The van der Waals surface area contributed by atoms with Gasteiger partial charge < -0.3 is 25.3 Å². The first-order valence-electron chi connectivity index (χ1n) is 10.2. The number of aliphatic imine (C=N–C) groups is 1. The van der Waals surface area contributed by atoms with Crippen molar-refractivity contribution in [3.05, 3.63) is 48.2 Å². The van der Waals surface area contributed by atoms with E-state index in [-0.39, 0.29) is 17.4 Å². The SMILES string of the molecule is C=Nc1cccn1[C@H]1[C@H](O)[C@H](O)[C@@]2(CCc3ccc4cc(OC)c(N)nc4c3)C[C@H]12. The Morgan fingerprint density at radius 1 is 1.33 bits per heavy atom. The number of fused-ring (bicyclic) bond motifs is 2. The van der Waals surface area contributed by atoms with Gasteiger partial charge in [-0.2, -0.15) is 0 Å². The summed E-state index contributed by atoms with van der Waals surface area (Å²) in [5.41, 5.74) is 7.67. The third kappa shape index (κ3) is 2.73. The fourth-order valence-corrected chi connectivity index (χ4v) is 5.38. The van der Waals surface area contributed by atoms with Gasteiger partial charge in [0.15, 0.2) is 11.6 Å². The Morgan fingerprint density at radius 3 is 2.93 bits per heavy atom. The zero-order valence-corrected chi connectivity index (χ0v) is 16.9. The maximum absolute atomic E-state index is 10.9. The number of nitrogens with zero attached hydrogens (tertiary/aromatic N) is 3. The average molecular weight is 406 g/mol. The molecule has 0 aliphatic heterocycles. The second-order valence-corrected chi connectivity index (χ2v) is 8.50. The van der Waals surface area contributed by atoms with Crippen LogP contribution in [0.1, 0.15) is 24.4 Å². The smallest absolute Gasteiger partial charge is 0.166 e. The Balaban J connectivity index is 1.36. The van der Waals surface area contributed by atoms with E-state index in [1.54, 1.807) is 7.11 Å². The monoisotopic (exact) mass is 406 g/mol. The van der Waals surface area contributed by atoms with E-state index in [2.05, 4.69) is 22.8 Å². The van der Waals surface area contributed by atoms with Crippen LogP contribution in [0, 0.1) is 11.3 Å². The van der Waals surface area contributed by atoms with Crippen LogP contribution in [-0.4, -0.2) is 45.8 Å². The van der Waals surface area contributed by atoms with E-state index >= 15 is 0 Å². The number of aromatic nitrogens is 2. The standard InChI is InChI=1S/C23H26N4O3/c1-25-18-4-3-9-27(18)19-15-12-23(15,21(29)20(19)28)8-7-13-5-6-14-11-17(30-2)22(24)26-16(14)10-13/h3-6,9-11,15,19-21,28-29H,1,7-8,12H2,2H3,(H2,24,26)/t15-,19-,20+,21+,23+/m1/s1. The number of rotatable bonds is 6. The topological polar surface area (TPSA) is 106 Å². The molecular formula is C23H26N4O3. The Bertz CT molecular complexity index is 1130. The van der Waals surface area contributed by atoms with Gasteiger partial charge >= 0.3 is 0 Å². The Morgan fingerprint density at radius 2 is 2.17 bits per heavy atom. The molecular weight excluding hydrogens is 380 g/mol. The molecule has 7 nitrogen and oxygen atoms in total. The number of nitrogens with two attached hydrogens (primary N) is 1. The summed E-state index contributed by atoms with van der Waals surface area (Å²) in [7, 11) is 1.58. The molecule has 0 saturated heterocycles. The number of nitrogen functional groups attached to an aromatic ring is 1. The highest BCUT2D eigenvalue weighted by atomic mass is 16.5. The highest BCUT2D eigenvalue weighted by Gasteiger charge is 2.70. The maximum Gasteiger partial charge on any atom is 0.166 e. The largest absolute Gasteiger partial charge is 0.493 e. The number of pyridine rings is 1. The third-order valence-electron chi connectivity index (χ3n) is 7.07. The van der Waals surface area contributed by atoms with E-state index in [1.807, 2.05) is 41.1 Å². The molecule has 2 fully saturated rings. The fraction of sp³-hybridized carbons (Fsp3) is 0.391. The molecule has 1 aromatic carbocycles. The van der Waals surface area contributed by atoms with Crippen molar-refractivity contribution in [2.24, 2.45) is 16.3 Å². The van der Waals surface area contributed by atoms with Crippen molar-refractivity contribution in [2.75, 3.05) is 12.8 Å². The lowest BCUT2D eigenvalue weighted by Gasteiger charge is -2.25. The Hall–Kier alpha value is -2.90. The number of hydrogen-bond acceptors (Lipinski definition) is 6. The predicted octanol–water partition coefficient (Wildman–Crippen LogP) is 2.87. The lowest BCUT2D eigenvalue weighted by atomic mass is 9.91. The molecule has 2 saturated carbocycles. The van der Waals surface area contributed by atoms with Crippen LogP contribution in [0.4, 0.5) is 11.6 Å². The lowest BCUT2D eigenvalue weighted by molar-refractivity contribution is -0.0194. The van der Waals surface area contributed by atoms with Crippen molar-refractivity contribution in [3.63, 3.8) is 0 Å². The number of aliphatic hydroxyl groups excluding tert-OH is 2. The first kappa shape index (κ1) is 19.1. The van der Waals surface area contributed by atoms with E-state index in [4.69, 9.17) is 10.5 Å². The number of aryl methyl sites for hydroxylation is 1. The molecule has 2 heterocycles. The van der Waals surface area contributed by atoms with Gasteiger partial charge in [0.25, 0.3) is 0 Å². The molecule has 0 bridgehead atoms. The molecule has 0 amide bonds. The van der Waals surface area contributed by atoms with E-state index in [0.717, 1.165) is 41.5 Å². The van der Waals surface area contributed by atoms with Gasteiger partial charge in [-0.1, -0.05) is 12.1 Å².